The maximum absolute atomic E-state index is 13.1. The standard InChI is InChI=1S/C24H29F3N2O2/c1-5-6-7-8-17(13-24(25,26)27)15-29-20(16-30)12-18-11-19(9-10-21(18)29)28-22(31)14-23(2,3)4/h5-6,8-12,16H,7,13-15H2,1-4H3,(H,28,31)/b6-5-,17-8+. The third-order valence-corrected chi connectivity index (χ3v) is 4.60. The van der Waals surface area contributed by atoms with E-state index in [1.807, 2.05) is 20.8 Å². The second-order valence-corrected chi connectivity index (χ2v) is 8.79. The molecule has 0 unspecified atom stereocenters. The number of amides is 1. The molecule has 7 heteroatoms. The highest BCUT2D eigenvalue weighted by molar-refractivity contribution is 5.96. The second kappa shape index (κ2) is 9.98. The molecule has 0 aliphatic heterocycles. The van der Waals surface area contributed by atoms with Crippen LogP contribution >= 0.6 is 0 Å². The Kier molecular flexibility index (Phi) is 7.87. The lowest BCUT2D eigenvalue weighted by atomic mass is 9.92. The summed E-state index contributed by atoms with van der Waals surface area (Å²) in [5.41, 5.74) is 1.53. The zero-order valence-electron chi connectivity index (χ0n) is 18.3. The predicted molar refractivity (Wildman–Crippen MR) is 118 cm³/mol. The van der Waals surface area contributed by atoms with Gasteiger partial charge in [0.25, 0.3) is 0 Å². The molecule has 0 bridgehead atoms. The molecule has 1 aromatic heterocycles. The van der Waals surface area contributed by atoms with E-state index in [0.717, 1.165) is 0 Å². The Hall–Kier alpha value is -2.83. The summed E-state index contributed by atoms with van der Waals surface area (Å²) in [5.74, 6) is -0.124. The van der Waals surface area contributed by atoms with Crippen molar-refractivity contribution in [1.29, 1.82) is 0 Å². The minimum atomic E-state index is -4.34. The lowest BCUT2D eigenvalue weighted by molar-refractivity contribution is -0.127. The lowest BCUT2D eigenvalue weighted by Gasteiger charge is -2.17. The van der Waals surface area contributed by atoms with Gasteiger partial charge in [0.15, 0.2) is 6.29 Å². The minimum absolute atomic E-state index is 0.0373. The van der Waals surface area contributed by atoms with Crippen molar-refractivity contribution in [1.82, 2.24) is 4.57 Å². The largest absolute Gasteiger partial charge is 0.392 e. The van der Waals surface area contributed by atoms with Gasteiger partial charge in [-0.1, -0.05) is 39.0 Å². The number of alkyl halides is 3. The van der Waals surface area contributed by atoms with Gasteiger partial charge in [0.1, 0.15) is 0 Å². The molecule has 0 aliphatic rings. The van der Waals surface area contributed by atoms with E-state index in [-0.39, 0.29) is 29.1 Å². The molecule has 1 N–H and O–H groups in total. The van der Waals surface area contributed by atoms with Gasteiger partial charge >= 0.3 is 6.18 Å². The summed E-state index contributed by atoms with van der Waals surface area (Å²) in [6.45, 7) is 7.67. The Morgan fingerprint density at radius 2 is 1.84 bits per heavy atom. The Balaban J connectivity index is 2.35. The Morgan fingerprint density at radius 3 is 2.42 bits per heavy atom. The second-order valence-electron chi connectivity index (χ2n) is 8.79. The van der Waals surface area contributed by atoms with Crippen LogP contribution in [0.5, 0.6) is 0 Å². The Bertz CT molecular complexity index is 993. The normalized spacial score (nSPS) is 13.2. The number of benzene rings is 1. The fourth-order valence-electron chi connectivity index (χ4n) is 3.35. The first-order valence-corrected chi connectivity index (χ1v) is 10.2. The van der Waals surface area contributed by atoms with Crippen LogP contribution in [0, 0.1) is 5.41 Å². The minimum Gasteiger partial charge on any atom is -0.334 e. The van der Waals surface area contributed by atoms with E-state index in [4.69, 9.17) is 0 Å². The highest BCUT2D eigenvalue weighted by Crippen LogP contribution is 2.29. The average Bonchev–Trinajstić information content (AvgIpc) is 2.95. The van der Waals surface area contributed by atoms with Gasteiger partial charge in [0, 0.05) is 29.6 Å². The van der Waals surface area contributed by atoms with Gasteiger partial charge in [-0.2, -0.15) is 13.2 Å². The third kappa shape index (κ3) is 7.74. The van der Waals surface area contributed by atoms with Crippen molar-refractivity contribution < 1.29 is 22.8 Å². The fourth-order valence-corrected chi connectivity index (χ4v) is 3.35. The summed E-state index contributed by atoms with van der Waals surface area (Å²) in [5, 5.41) is 3.52. The van der Waals surface area contributed by atoms with Gasteiger partial charge in [-0.15, -0.1) is 0 Å². The van der Waals surface area contributed by atoms with E-state index in [2.05, 4.69) is 5.32 Å². The highest BCUT2D eigenvalue weighted by Gasteiger charge is 2.29. The molecule has 1 heterocycles. The van der Waals surface area contributed by atoms with Gasteiger partial charge in [-0.25, -0.2) is 0 Å². The summed E-state index contributed by atoms with van der Waals surface area (Å²) >= 11 is 0. The number of halogens is 3. The molecule has 0 fully saturated rings. The SMILES string of the molecule is C/C=C\C/C=C(/Cn1c(C=O)cc2cc(NC(=O)CC(C)(C)C)ccc21)CC(F)(F)F. The molecular formula is C24H29F3N2O2. The quantitative estimate of drug-likeness (QED) is 0.372. The van der Waals surface area contributed by atoms with Crippen molar-refractivity contribution in [3.8, 4) is 0 Å². The van der Waals surface area contributed by atoms with Crippen LogP contribution in [0.3, 0.4) is 0 Å². The first-order chi connectivity index (χ1) is 14.4. The fraction of sp³-hybridized carbons (Fsp3) is 0.417. The summed E-state index contributed by atoms with van der Waals surface area (Å²) < 4.78 is 40.7. The smallest absolute Gasteiger partial charge is 0.334 e. The van der Waals surface area contributed by atoms with Gasteiger partial charge in [0.2, 0.25) is 5.91 Å². The van der Waals surface area contributed by atoms with Crippen LogP contribution in [0.4, 0.5) is 18.9 Å². The van der Waals surface area contributed by atoms with E-state index < -0.39 is 12.6 Å². The van der Waals surface area contributed by atoms with Crippen molar-refractivity contribution in [3.05, 3.63) is 53.8 Å². The predicted octanol–water partition coefficient (Wildman–Crippen LogP) is 6.67. The molecule has 2 rings (SSSR count). The Morgan fingerprint density at radius 1 is 1.13 bits per heavy atom. The molecule has 1 amide bonds. The molecule has 4 nitrogen and oxygen atoms in total. The first kappa shape index (κ1) is 24.4. The molecule has 0 aliphatic carbocycles. The number of fused-ring (bicyclic) bond motifs is 1. The van der Waals surface area contributed by atoms with Crippen LogP contribution in [-0.4, -0.2) is 22.9 Å². The molecule has 0 saturated heterocycles. The number of carbonyl (C=O) groups is 2. The summed E-state index contributed by atoms with van der Waals surface area (Å²) in [6, 6.07) is 6.76. The van der Waals surface area contributed by atoms with Crippen molar-refractivity contribution in [3.63, 3.8) is 0 Å². The number of hydrogen-bond acceptors (Lipinski definition) is 2. The van der Waals surface area contributed by atoms with E-state index in [0.29, 0.717) is 35.7 Å². The monoisotopic (exact) mass is 434 g/mol. The van der Waals surface area contributed by atoms with Gasteiger partial charge in [-0.05, 0) is 48.6 Å². The molecule has 0 radical (unpaired) electrons. The summed E-state index contributed by atoms with van der Waals surface area (Å²) in [4.78, 5) is 23.8. The van der Waals surface area contributed by atoms with E-state index in [1.165, 1.54) is 0 Å². The van der Waals surface area contributed by atoms with Gasteiger partial charge in [0.05, 0.1) is 12.1 Å². The zero-order chi connectivity index (χ0) is 23.2. The number of hydrogen-bond donors (Lipinski definition) is 1. The van der Waals surface area contributed by atoms with Crippen LogP contribution < -0.4 is 5.32 Å². The van der Waals surface area contributed by atoms with E-state index >= 15 is 0 Å². The van der Waals surface area contributed by atoms with Crippen molar-refractivity contribution in [2.24, 2.45) is 5.41 Å². The van der Waals surface area contributed by atoms with Crippen LogP contribution in [0.2, 0.25) is 0 Å². The number of anilines is 1. The molecule has 2 aromatic rings. The molecular weight excluding hydrogens is 405 g/mol. The van der Waals surface area contributed by atoms with Crippen molar-refractivity contribution >= 4 is 28.8 Å². The number of allylic oxidation sites excluding steroid dienone is 4. The van der Waals surface area contributed by atoms with Crippen LogP contribution in [0.1, 0.15) is 57.4 Å². The van der Waals surface area contributed by atoms with Crippen LogP contribution in [0.25, 0.3) is 10.9 Å². The summed E-state index contributed by atoms with van der Waals surface area (Å²) in [6.07, 6.45) is 1.10. The van der Waals surface area contributed by atoms with Crippen LogP contribution in [-0.2, 0) is 11.3 Å². The number of aldehydes is 1. The third-order valence-electron chi connectivity index (χ3n) is 4.60. The summed E-state index contributed by atoms with van der Waals surface area (Å²) in [7, 11) is 0. The number of nitrogens with zero attached hydrogens (tertiary/aromatic N) is 1. The number of nitrogens with one attached hydrogen (secondary N) is 1. The maximum Gasteiger partial charge on any atom is 0.392 e. The number of aromatic nitrogens is 1. The average molecular weight is 435 g/mol. The van der Waals surface area contributed by atoms with Gasteiger partial charge in [-0.3, -0.25) is 9.59 Å². The van der Waals surface area contributed by atoms with E-state index in [1.54, 1.807) is 54.0 Å². The van der Waals surface area contributed by atoms with E-state index in [9.17, 15) is 22.8 Å². The molecule has 168 valence electrons. The first-order valence-electron chi connectivity index (χ1n) is 10.2. The van der Waals surface area contributed by atoms with Crippen molar-refractivity contribution in [2.75, 3.05) is 5.32 Å². The number of carbonyl (C=O) groups excluding carboxylic acids is 2. The lowest BCUT2D eigenvalue weighted by Crippen LogP contribution is -2.19. The maximum atomic E-state index is 13.1. The van der Waals surface area contributed by atoms with Gasteiger partial charge < -0.3 is 9.88 Å². The topological polar surface area (TPSA) is 51.1 Å². The van der Waals surface area contributed by atoms with Crippen molar-refractivity contribution in [2.45, 2.75) is 59.7 Å². The van der Waals surface area contributed by atoms with Crippen LogP contribution in [0.15, 0.2) is 48.1 Å². The number of rotatable bonds is 8. The molecule has 0 spiro atoms. The molecule has 0 atom stereocenters. The molecule has 0 saturated carbocycles. The Labute approximate surface area is 180 Å². The zero-order valence-corrected chi connectivity index (χ0v) is 18.3. The highest BCUT2D eigenvalue weighted by atomic mass is 19.4. The molecule has 31 heavy (non-hydrogen) atoms. The molecule has 1 aromatic carbocycles.